The highest BCUT2D eigenvalue weighted by Crippen LogP contribution is 2.35. The molecule has 3 N–H and O–H groups in total. The molecule has 1 aliphatic heterocycles. The average Bonchev–Trinajstić information content (AvgIpc) is 3.50. The Kier molecular flexibility index (Phi) is 6.32. The molecule has 0 saturated carbocycles. The highest BCUT2D eigenvalue weighted by atomic mass is 35.5. The van der Waals surface area contributed by atoms with Crippen LogP contribution in [0.25, 0.3) is 5.52 Å². The molecular weight excluding hydrogens is 476 g/mol. The van der Waals surface area contributed by atoms with Crippen LogP contribution in [0.3, 0.4) is 0 Å². The third-order valence-corrected chi connectivity index (χ3v) is 6.46. The number of carbonyl (C=O) groups excluding carboxylic acids is 2. The first-order valence-corrected chi connectivity index (χ1v) is 11.9. The molecule has 3 heterocycles. The van der Waals surface area contributed by atoms with Gasteiger partial charge in [0.2, 0.25) is 5.78 Å². The summed E-state index contributed by atoms with van der Waals surface area (Å²) in [6.07, 6.45) is 4.76. The van der Waals surface area contributed by atoms with Crippen LogP contribution >= 0.6 is 11.6 Å². The van der Waals surface area contributed by atoms with Crippen molar-refractivity contribution in [2.45, 2.75) is 25.8 Å². The molecule has 0 bridgehead atoms. The van der Waals surface area contributed by atoms with E-state index in [4.69, 9.17) is 22.3 Å². The van der Waals surface area contributed by atoms with Crippen LogP contribution in [0.2, 0.25) is 5.02 Å². The number of rotatable bonds is 5. The van der Waals surface area contributed by atoms with Gasteiger partial charge in [0, 0.05) is 35.9 Å². The maximum atomic E-state index is 13.7. The largest absolute Gasteiger partial charge is 0.382 e. The number of para-hydroxylation sites is 1. The Labute approximate surface area is 213 Å². The molecule has 0 aliphatic carbocycles. The average molecular weight is 499 g/mol. The number of nitrogen functional groups attached to an aromatic ring is 1. The van der Waals surface area contributed by atoms with Crippen LogP contribution in [0.15, 0.2) is 60.9 Å². The second kappa shape index (κ2) is 9.72. The van der Waals surface area contributed by atoms with Crippen LogP contribution in [0.5, 0.6) is 0 Å². The van der Waals surface area contributed by atoms with Crippen LogP contribution in [0.1, 0.15) is 47.7 Å². The zero-order valence-corrected chi connectivity index (χ0v) is 20.3. The number of carbonyl (C=O) groups is 2. The van der Waals surface area contributed by atoms with E-state index in [9.17, 15) is 9.59 Å². The van der Waals surface area contributed by atoms with Crippen LogP contribution in [0, 0.1) is 11.8 Å². The van der Waals surface area contributed by atoms with Gasteiger partial charge in [0.1, 0.15) is 22.9 Å². The van der Waals surface area contributed by atoms with Crippen molar-refractivity contribution in [2.24, 2.45) is 0 Å². The summed E-state index contributed by atoms with van der Waals surface area (Å²) in [6.45, 7) is 2.19. The van der Waals surface area contributed by atoms with Gasteiger partial charge in [0.15, 0.2) is 0 Å². The third-order valence-electron chi connectivity index (χ3n) is 6.15. The lowest BCUT2D eigenvalue weighted by atomic mass is 10.1. The number of nitrogens with one attached hydrogen (secondary N) is 1. The summed E-state index contributed by atoms with van der Waals surface area (Å²) in [5, 5.41) is 3.54. The smallest absolute Gasteiger partial charge is 0.299 e. The molecule has 0 unspecified atom stereocenters. The molecule has 1 saturated heterocycles. The summed E-state index contributed by atoms with van der Waals surface area (Å²) in [5.74, 6) is 5.34. The quantitative estimate of drug-likeness (QED) is 0.307. The second-order valence-corrected chi connectivity index (χ2v) is 8.80. The van der Waals surface area contributed by atoms with Crippen molar-refractivity contribution in [1.82, 2.24) is 19.3 Å². The standard InChI is InChI=1S/C27H23ClN6O2/c1-2-7-22(35)33-14-6-10-21(33)27-32-23(24-26(29)30-13-15-34(24)27)25(36)19-12-11-18(16-20(19)28)31-17-8-4-3-5-9-17/h3-5,8-9,11-13,15-16,21,31H,6,10,14H2,1H3,(H2,29,30)/t21-/m0/s1. The number of benzene rings is 2. The van der Waals surface area contributed by atoms with E-state index in [1.165, 1.54) is 0 Å². The number of fused-ring (bicyclic) bond motifs is 1. The van der Waals surface area contributed by atoms with Crippen LogP contribution < -0.4 is 11.1 Å². The lowest BCUT2D eigenvalue weighted by molar-refractivity contribution is -0.126. The van der Waals surface area contributed by atoms with E-state index < -0.39 is 0 Å². The molecular formula is C27H23ClN6O2. The molecule has 8 nitrogen and oxygen atoms in total. The fourth-order valence-corrected chi connectivity index (χ4v) is 4.80. The Balaban J connectivity index is 1.54. The Morgan fingerprint density at radius 3 is 2.72 bits per heavy atom. The molecule has 9 heteroatoms. The number of halogens is 1. The molecule has 1 fully saturated rings. The van der Waals surface area contributed by atoms with Gasteiger partial charge in [-0.3, -0.25) is 14.0 Å². The first-order valence-electron chi connectivity index (χ1n) is 11.5. The van der Waals surface area contributed by atoms with Gasteiger partial charge in [0.25, 0.3) is 5.91 Å². The predicted molar refractivity (Wildman–Crippen MR) is 139 cm³/mol. The van der Waals surface area contributed by atoms with Gasteiger partial charge in [-0.25, -0.2) is 9.97 Å². The summed E-state index contributed by atoms with van der Waals surface area (Å²) >= 11 is 6.55. The number of hydrogen-bond donors (Lipinski definition) is 2. The van der Waals surface area contributed by atoms with Crippen molar-refractivity contribution in [3.05, 3.63) is 83.0 Å². The molecule has 2 aromatic heterocycles. The van der Waals surface area contributed by atoms with Crippen LogP contribution in [-0.4, -0.2) is 37.5 Å². The zero-order valence-electron chi connectivity index (χ0n) is 19.5. The summed E-state index contributed by atoms with van der Waals surface area (Å²) in [6, 6.07) is 14.5. The fourth-order valence-electron chi connectivity index (χ4n) is 4.53. The predicted octanol–water partition coefficient (Wildman–Crippen LogP) is 4.63. The molecule has 1 aliphatic rings. The second-order valence-electron chi connectivity index (χ2n) is 8.40. The highest BCUT2D eigenvalue weighted by molar-refractivity contribution is 6.35. The van der Waals surface area contributed by atoms with E-state index in [1.807, 2.05) is 30.3 Å². The third kappa shape index (κ3) is 4.25. The monoisotopic (exact) mass is 498 g/mol. The Hall–Kier alpha value is -4.35. The van der Waals surface area contributed by atoms with E-state index in [-0.39, 0.29) is 34.3 Å². The molecule has 2 aromatic carbocycles. The van der Waals surface area contributed by atoms with E-state index >= 15 is 0 Å². The number of hydrogen-bond acceptors (Lipinski definition) is 6. The van der Waals surface area contributed by atoms with Gasteiger partial charge in [-0.15, -0.1) is 0 Å². The molecule has 1 amide bonds. The first kappa shape index (κ1) is 23.4. The molecule has 0 spiro atoms. The number of imidazole rings is 1. The van der Waals surface area contributed by atoms with Gasteiger partial charge in [-0.1, -0.05) is 35.7 Å². The van der Waals surface area contributed by atoms with E-state index in [0.717, 1.165) is 17.8 Å². The van der Waals surface area contributed by atoms with Gasteiger partial charge < -0.3 is 16.0 Å². The summed E-state index contributed by atoms with van der Waals surface area (Å²) in [7, 11) is 0. The minimum atomic E-state index is -0.376. The molecule has 5 rings (SSSR count). The van der Waals surface area contributed by atoms with Gasteiger partial charge in [-0.2, -0.15) is 0 Å². The maximum Gasteiger partial charge on any atom is 0.299 e. The molecule has 180 valence electrons. The first-order chi connectivity index (χ1) is 17.5. The van der Waals surface area contributed by atoms with Crippen molar-refractivity contribution in [3.8, 4) is 11.8 Å². The van der Waals surface area contributed by atoms with Crippen molar-refractivity contribution in [2.75, 3.05) is 17.6 Å². The SMILES string of the molecule is CC#CC(=O)N1CCC[C@H]1c1nc(C(=O)c2ccc(Nc3ccccc3)cc2Cl)c2c(N)nccn12. The Morgan fingerprint density at radius 2 is 1.97 bits per heavy atom. The number of amides is 1. The molecule has 36 heavy (non-hydrogen) atoms. The molecule has 0 radical (unpaired) electrons. The molecule has 1 atom stereocenters. The van der Waals surface area contributed by atoms with E-state index in [1.54, 1.807) is 46.8 Å². The van der Waals surface area contributed by atoms with Gasteiger partial charge in [0.05, 0.1) is 11.1 Å². The van der Waals surface area contributed by atoms with E-state index in [2.05, 4.69) is 22.1 Å². The molecule has 4 aromatic rings. The van der Waals surface area contributed by atoms with E-state index in [0.29, 0.717) is 29.9 Å². The Morgan fingerprint density at radius 1 is 1.17 bits per heavy atom. The fraction of sp³-hybridized carbons (Fsp3) is 0.185. The van der Waals surface area contributed by atoms with Crippen molar-refractivity contribution in [1.29, 1.82) is 0 Å². The van der Waals surface area contributed by atoms with Crippen molar-refractivity contribution < 1.29 is 9.59 Å². The van der Waals surface area contributed by atoms with Gasteiger partial charge >= 0.3 is 0 Å². The lowest BCUT2D eigenvalue weighted by Crippen LogP contribution is -2.30. The number of anilines is 3. The minimum absolute atomic E-state index is 0.141. The lowest BCUT2D eigenvalue weighted by Gasteiger charge is -2.21. The number of nitrogens with zero attached hydrogens (tertiary/aromatic N) is 4. The number of likely N-dealkylation sites (tertiary alicyclic amines) is 1. The zero-order chi connectivity index (χ0) is 25.2. The Bertz CT molecular complexity index is 1540. The summed E-state index contributed by atoms with van der Waals surface area (Å²) < 4.78 is 1.74. The highest BCUT2D eigenvalue weighted by Gasteiger charge is 2.34. The van der Waals surface area contributed by atoms with Crippen LogP contribution in [-0.2, 0) is 4.79 Å². The summed E-state index contributed by atoms with van der Waals surface area (Å²) in [5.41, 5.74) is 8.68. The van der Waals surface area contributed by atoms with Gasteiger partial charge in [-0.05, 0) is 56.0 Å². The van der Waals surface area contributed by atoms with Crippen molar-refractivity contribution >= 4 is 46.0 Å². The normalized spacial score (nSPS) is 14.9. The number of nitrogens with two attached hydrogens (primary N) is 1. The maximum absolute atomic E-state index is 13.7. The summed E-state index contributed by atoms with van der Waals surface area (Å²) in [4.78, 5) is 36.8. The minimum Gasteiger partial charge on any atom is -0.382 e. The number of aromatic nitrogens is 3. The van der Waals surface area contributed by atoms with Crippen molar-refractivity contribution in [3.63, 3.8) is 0 Å². The topological polar surface area (TPSA) is 106 Å². The van der Waals surface area contributed by atoms with Crippen LogP contribution in [0.4, 0.5) is 17.2 Å². The number of ketones is 1.